The molecule has 0 aliphatic heterocycles. The van der Waals surface area contributed by atoms with Crippen molar-refractivity contribution in [2.24, 2.45) is 0 Å². The fourth-order valence-electron chi connectivity index (χ4n) is 0.999. The van der Waals surface area contributed by atoms with Crippen molar-refractivity contribution in [3.8, 4) is 6.07 Å². The maximum absolute atomic E-state index is 11.4. The summed E-state index contributed by atoms with van der Waals surface area (Å²) in [6, 6.07) is 8.27. The molecule has 0 spiro atoms. The van der Waals surface area contributed by atoms with Gasteiger partial charge in [-0.25, -0.2) is 0 Å². The number of nitriles is 1. The van der Waals surface area contributed by atoms with Crippen molar-refractivity contribution in [2.75, 3.05) is 12.0 Å². The van der Waals surface area contributed by atoms with E-state index in [1.165, 1.54) is 6.26 Å². The van der Waals surface area contributed by atoms with Gasteiger partial charge in [0.05, 0.1) is 17.4 Å². The molecule has 1 unspecified atom stereocenters. The molecule has 1 aromatic carbocycles. The smallest absolute Gasteiger partial charge is 0.175 e. The van der Waals surface area contributed by atoms with Gasteiger partial charge in [0.15, 0.2) is 5.78 Å². The van der Waals surface area contributed by atoms with Gasteiger partial charge >= 0.3 is 0 Å². The van der Waals surface area contributed by atoms with Crippen molar-refractivity contribution in [1.82, 2.24) is 0 Å². The van der Waals surface area contributed by atoms with Crippen molar-refractivity contribution in [1.29, 1.82) is 5.26 Å². The third-order valence-electron chi connectivity index (χ3n) is 1.67. The van der Waals surface area contributed by atoms with Crippen LogP contribution in [0.15, 0.2) is 24.3 Å². The number of nitrogens with zero attached hydrogens (tertiary/aromatic N) is 1. The van der Waals surface area contributed by atoms with E-state index in [0.29, 0.717) is 11.1 Å². The van der Waals surface area contributed by atoms with Crippen LogP contribution in [0.1, 0.15) is 15.9 Å². The van der Waals surface area contributed by atoms with E-state index in [0.717, 1.165) is 0 Å². The van der Waals surface area contributed by atoms with Gasteiger partial charge in [0, 0.05) is 22.6 Å². The average molecular weight is 207 g/mol. The molecule has 0 saturated carbocycles. The van der Waals surface area contributed by atoms with E-state index in [4.69, 9.17) is 5.26 Å². The Morgan fingerprint density at radius 2 is 2.00 bits per heavy atom. The zero-order valence-electron chi connectivity index (χ0n) is 7.69. The highest BCUT2D eigenvalue weighted by molar-refractivity contribution is 7.85. The van der Waals surface area contributed by atoms with Gasteiger partial charge in [-0.3, -0.25) is 9.00 Å². The lowest BCUT2D eigenvalue weighted by Gasteiger charge is -1.97. The molecule has 0 fully saturated rings. The minimum Gasteiger partial charge on any atom is -0.293 e. The third-order valence-corrected chi connectivity index (χ3v) is 2.34. The molecule has 0 aliphatic rings. The Morgan fingerprint density at radius 3 is 2.43 bits per heavy atom. The topological polar surface area (TPSA) is 57.9 Å². The second-order valence-electron chi connectivity index (χ2n) is 2.83. The monoisotopic (exact) mass is 207 g/mol. The van der Waals surface area contributed by atoms with Crippen LogP contribution >= 0.6 is 0 Å². The Kier molecular flexibility index (Phi) is 3.55. The second kappa shape index (κ2) is 4.68. The molecule has 0 amide bonds. The van der Waals surface area contributed by atoms with E-state index >= 15 is 0 Å². The van der Waals surface area contributed by atoms with Gasteiger partial charge in [0.25, 0.3) is 0 Å². The molecule has 3 nitrogen and oxygen atoms in total. The molecule has 0 bridgehead atoms. The minimum atomic E-state index is -1.12. The Hall–Kier alpha value is -1.47. The average Bonchev–Trinajstić information content (AvgIpc) is 2.17. The first kappa shape index (κ1) is 10.6. The van der Waals surface area contributed by atoms with Crippen LogP contribution in [0.3, 0.4) is 0 Å². The zero-order valence-corrected chi connectivity index (χ0v) is 8.50. The number of carbonyl (C=O) groups excluding carboxylic acids is 1. The molecule has 0 aromatic heterocycles. The van der Waals surface area contributed by atoms with E-state index < -0.39 is 10.8 Å². The summed E-state index contributed by atoms with van der Waals surface area (Å²) in [5, 5.41) is 8.53. The van der Waals surface area contributed by atoms with Crippen LogP contribution in [0.4, 0.5) is 0 Å². The summed E-state index contributed by atoms with van der Waals surface area (Å²) in [5.41, 5.74) is 1.01. The molecule has 72 valence electrons. The molecular formula is C10H9NO2S. The number of benzene rings is 1. The van der Waals surface area contributed by atoms with E-state index in [2.05, 4.69) is 0 Å². The Labute approximate surface area is 84.8 Å². The van der Waals surface area contributed by atoms with Crippen LogP contribution in [0.5, 0.6) is 0 Å². The normalized spacial score (nSPS) is 11.7. The minimum absolute atomic E-state index is 0.0336. The molecular weight excluding hydrogens is 198 g/mol. The predicted molar refractivity (Wildman–Crippen MR) is 54.4 cm³/mol. The van der Waals surface area contributed by atoms with E-state index in [1.807, 2.05) is 6.07 Å². The first-order chi connectivity index (χ1) is 6.63. The SMILES string of the molecule is CS(=O)CC(=O)c1ccc(C#N)cc1. The highest BCUT2D eigenvalue weighted by atomic mass is 32.2. The molecule has 1 aromatic rings. The largest absolute Gasteiger partial charge is 0.293 e. The Bertz CT molecular complexity index is 403. The quantitative estimate of drug-likeness (QED) is 0.698. The van der Waals surface area contributed by atoms with Gasteiger partial charge in [-0.2, -0.15) is 5.26 Å². The van der Waals surface area contributed by atoms with E-state index in [-0.39, 0.29) is 11.5 Å². The maximum Gasteiger partial charge on any atom is 0.175 e. The van der Waals surface area contributed by atoms with Gasteiger partial charge < -0.3 is 0 Å². The molecule has 0 radical (unpaired) electrons. The van der Waals surface area contributed by atoms with Crippen LogP contribution in [0.25, 0.3) is 0 Å². The number of hydrogen-bond acceptors (Lipinski definition) is 3. The van der Waals surface area contributed by atoms with Crippen LogP contribution in [0, 0.1) is 11.3 Å². The molecule has 0 aliphatic carbocycles. The van der Waals surface area contributed by atoms with Gasteiger partial charge in [-0.15, -0.1) is 0 Å². The molecule has 1 atom stereocenters. The highest BCUT2D eigenvalue weighted by Gasteiger charge is 2.07. The maximum atomic E-state index is 11.4. The summed E-state index contributed by atoms with van der Waals surface area (Å²) in [6.45, 7) is 0. The third kappa shape index (κ3) is 2.79. The number of carbonyl (C=O) groups is 1. The molecule has 0 heterocycles. The van der Waals surface area contributed by atoms with Crippen LogP contribution in [-0.4, -0.2) is 22.0 Å². The first-order valence-corrected chi connectivity index (χ1v) is 5.69. The fraction of sp³-hybridized carbons (Fsp3) is 0.200. The second-order valence-corrected chi connectivity index (χ2v) is 4.26. The molecule has 1 rings (SSSR count). The Morgan fingerprint density at radius 1 is 1.43 bits per heavy atom. The summed E-state index contributed by atoms with van der Waals surface area (Å²) in [7, 11) is -1.12. The van der Waals surface area contributed by atoms with Gasteiger partial charge in [0.2, 0.25) is 0 Å². The van der Waals surface area contributed by atoms with Gasteiger partial charge in [-0.1, -0.05) is 12.1 Å². The van der Waals surface area contributed by atoms with Gasteiger partial charge in [0.1, 0.15) is 0 Å². The van der Waals surface area contributed by atoms with Crippen LogP contribution in [0.2, 0.25) is 0 Å². The van der Waals surface area contributed by atoms with Crippen molar-refractivity contribution < 1.29 is 9.00 Å². The molecule has 14 heavy (non-hydrogen) atoms. The van der Waals surface area contributed by atoms with Crippen molar-refractivity contribution in [3.63, 3.8) is 0 Å². The summed E-state index contributed by atoms with van der Waals surface area (Å²) in [4.78, 5) is 11.4. The lowest BCUT2D eigenvalue weighted by Crippen LogP contribution is -2.09. The first-order valence-electron chi connectivity index (χ1n) is 3.97. The molecule has 0 saturated heterocycles. The van der Waals surface area contributed by atoms with Crippen molar-refractivity contribution in [2.45, 2.75) is 0 Å². The molecule has 0 N–H and O–H groups in total. The zero-order chi connectivity index (χ0) is 10.6. The lowest BCUT2D eigenvalue weighted by molar-refractivity contribution is 0.102. The standard InChI is InChI=1S/C10H9NO2S/c1-14(13)7-10(12)9-4-2-8(6-11)3-5-9/h2-5H,7H2,1H3. The predicted octanol–water partition coefficient (Wildman–Crippen LogP) is 1.12. The number of hydrogen-bond donors (Lipinski definition) is 0. The van der Waals surface area contributed by atoms with Crippen molar-refractivity contribution >= 4 is 16.6 Å². The summed E-state index contributed by atoms with van der Waals surface area (Å²) in [5.74, 6) is -0.123. The summed E-state index contributed by atoms with van der Waals surface area (Å²) < 4.78 is 10.8. The lowest BCUT2D eigenvalue weighted by atomic mass is 10.1. The number of rotatable bonds is 3. The van der Waals surface area contributed by atoms with Crippen molar-refractivity contribution in [3.05, 3.63) is 35.4 Å². The van der Waals surface area contributed by atoms with E-state index in [9.17, 15) is 9.00 Å². The summed E-state index contributed by atoms with van der Waals surface area (Å²) in [6.07, 6.45) is 1.49. The van der Waals surface area contributed by atoms with E-state index in [1.54, 1.807) is 24.3 Å². The highest BCUT2D eigenvalue weighted by Crippen LogP contribution is 2.04. The summed E-state index contributed by atoms with van der Waals surface area (Å²) >= 11 is 0. The Balaban J connectivity index is 2.83. The number of ketones is 1. The van der Waals surface area contributed by atoms with Crippen LogP contribution < -0.4 is 0 Å². The van der Waals surface area contributed by atoms with Crippen LogP contribution in [-0.2, 0) is 10.8 Å². The fourth-order valence-corrected chi connectivity index (χ4v) is 1.53. The van der Waals surface area contributed by atoms with Gasteiger partial charge in [-0.05, 0) is 12.1 Å². The number of Topliss-reactive ketones (excluding diaryl/α,β-unsaturated/α-hetero) is 1. The molecule has 4 heteroatoms.